The summed E-state index contributed by atoms with van der Waals surface area (Å²) in [4.78, 5) is 0. The summed E-state index contributed by atoms with van der Waals surface area (Å²) < 4.78 is 0. The predicted molar refractivity (Wildman–Crippen MR) is 44.9 cm³/mol. The number of hydrogen-bond donors (Lipinski definition) is 3. The Hall–Kier alpha value is -0.570. The topological polar surface area (TPSA) is 47.9 Å². The van der Waals surface area contributed by atoms with Crippen molar-refractivity contribution in [2.75, 3.05) is 6.54 Å². The lowest BCUT2D eigenvalue weighted by atomic mass is 9.89. The summed E-state index contributed by atoms with van der Waals surface area (Å²) in [7, 11) is 0. The van der Waals surface area contributed by atoms with Crippen LogP contribution in [0.3, 0.4) is 0 Å². The van der Waals surface area contributed by atoms with Crippen LogP contribution in [0.4, 0.5) is 0 Å². The smallest absolute Gasteiger partial charge is 0.108 e. The van der Waals surface area contributed by atoms with Crippen LogP contribution in [0.5, 0.6) is 0 Å². The average Bonchev–Trinajstić information content (AvgIpc) is 2.04. The molecule has 1 saturated heterocycles. The van der Waals surface area contributed by atoms with Gasteiger partial charge in [0.2, 0.25) is 0 Å². The van der Waals surface area contributed by atoms with E-state index in [9.17, 15) is 0 Å². The molecule has 0 amide bonds. The van der Waals surface area contributed by atoms with Gasteiger partial charge >= 0.3 is 0 Å². The van der Waals surface area contributed by atoms with Crippen molar-refractivity contribution < 1.29 is 0 Å². The lowest BCUT2D eigenvalue weighted by Gasteiger charge is -2.37. The number of fused-ring (bicyclic) bond motifs is 1. The molecule has 0 radical (unpaired) electrons. The summed E-state index contributed by atoms with van der Waals surface area (Å²) in [6.45, 7) is 0.737. The van der Waals surface area contributed by atoms with E-state index in [0.717, 1.165) is 6.54 Å². The molecule has 2 fully saturated rings. The minimum absolute atomic E-state index is 0.546. The van der Waals surface area contributed by atoms with E-state index in [-0.39, 0.29) is 0 Å². The number of rotatable bonds is 0. The van der Waals surface area contributed by atoms with Crippen LogP contribution in [0.1, 0.15) is 25.7 Å². The van der Waals surface area contributed by atoms with Crippen molar-refractivity contribution in [2.24, 2.45) is 0 Å². The maximum absolute atomic E-state index is 7.44. The van der Waals surface area contributed by atoms with Crippen LogP contribution in [-0.4, -0.2) is 24.5 Å². The second-order valence-corrected chi connectivity index (χ2v) is 3.50. The SMILES string of the molecule is N=C1CNC2CCCCC2N1. The first kappa shape index (κ1) is 7.10. The van der Waals surface area contributed by atoms with Crippen molar-refractivity contribution in [3.8, 4) is 0 Å². The molecule has 3 nitrogen and oxygen atoms in total. The quantitative estimate of drug-likeness (QED) is 0.473. The minimum Gasteiger partial charge on any atom is -0.369 e. The van der Waals surface area contributed by atoms with E-state index in [1.54, 1.807) is 0 Å². The standard InChI is InChI=1S/C8H15N3/c9-8-5-10-6-3-1-2-4-7(6)11-8/h6-7,10H,1-5H2,(H2,9,11). The van der Waals surface area contributed by atoms with Crippen LogP contribution in [0.25, 0.3) is 0 Å². The highest BCUT2D eigenvalue weighted by molar-refractivity contribution is 5.82. The van der Waals surface area contributed by atoms with Gasteiger partial charge in [-0.2, -0.15) is 0 Å². The summed E-state index contributed by atoms with van der Waals surface area (Å²) in [5.74, 6) is 0.660. The molecule has 0 bridgehead atoms. The average molecular weight is 153 g/mol. The Balaban J connectivity index is 1.98. The largest absolute Gasteiger partial charge is 0.369 e. The van der Waals surface area contributed by atoms with Crippen molar-refractivity contribution in [1.82, 2.24) is 10.6 Å². The molecule has 2 rings (SSSR count). The van der Waals surface area contributed by atoms with Crippen LogP contribution in [0, 0.1) is 5.41 Å². The maximum Gasteiger partial charge on any atom is 0.108 e. The van der Waals surface area contributed by atoms with E-state index in [1.807, 2.05) is 0 Å². The molecule has 62 valence electrons. The second-order valence-electron chi connectivity index (χ2n) is 3.50. The van der Waals surface area contributed by atoms with Gasteiger partial charge in [-0.3, -0.25) is 5.41 Å². The maximum atomic E-state index is 7.44. The van der Waals surface area contributed by atoms with E-state index < -0.39 is 0 Å². The number of piperazine rings is 1. The molecular weight excluding hydrogens is 138 g/mol. The number of nitrogens with one attached hydrogen (secondary N) is 3. The van der Waals surface area contributed by atoms with Gasteiger partial charge in [0.25, 0.3) is 0 Å². The molecule has 0 spiro atoms. The zero-order valence-corrected chi connectivity index (χ0v) is 6.69. The van der Waals surface area contributed by atoms with Crippen LogP contribution in [0.15, 0.2) is 0 Å². The number of amidine groups is 1. The van der Waals surface area contributed by atoms with E-state index in [4.69, 9.17) is 5.41 Å². The van der Waals surface area contributed by atoms with Gasteiger partial charge in [-0.1, -0.05) is 12.8 Å². The highest BCUT2D eigenvalue weighted by Gasteiger charge is 2.28. The highest BCUT2D eigenvalue weighted by atomic mass is 15.1. The van der Waals surface area contributed by atoms with Gasteiger partial charge in [0.15, 0.2) is 0 Å². The van der Waals surface area contributed by atoms with Crippen molar-refractivity contribution in [3.63, 3.8) is 0 Å². The van der Waals surface area contributed by atoms with Crippen LogP contribution in [-0.2, 0) is 0 Å². The third-order valence-corrected chi connectivity index (χ3v) is 2.67. The zero-order valence-electron chi connectivity index (χ0n) is 6.69. The Morgan fingerprint density at radius 1 is 1.18 bits per heavy atom. The molecule has 0 aromatic carbocycles. The fraction of sp³-hybridized carbons (Fsp3) is 0.875. The zero-order chi connectivity index (χ0) is 7.68. The van der Waals surface area contributed by atoms with E-state index in [2.05, 4.69) is 10.6 Å². The summed E-state index contributed by atoms with van der Waals surface area (Å²) >= 11 is 0. The first-order valence-corrected chi connectivity index (χ1v) is 4.43. The summed E-state index contributed by atoms with van der Waals surface area (Å²) in [5, 5.41) is 14.1. The Morgan fingerprint density at radius 2 is 1.91 bits per heavy atom. The predicted octanol–water partition coefficient (Wildman–Crippen LogP) is 0.468. The van der Waals surface area contributed by atoms with Crippen molar-refractivity contribution in [3.05, 3.63) is 0 Å². The normalized spacial score (nSPS) is 37.6. The van der Waals surface area contributed by atoms with Crippen LogP contribution >= 0.6 is 0 Å². The first-order chi connectivity index (χ1) is 5.36. The molecule has 0 aromatic heterocycles. The molecule has 2 aliphatic rings. The number of hydrogen-bond acceptors (Lipinski definition) is 2. The Labute approximate surface area is 67.1 Å². The minimum atomic E-state index is 0.546. The van der Waals surface area contributed by atoms with Gasteiger partial charge < -0.3 is 10.6 Å². The van der Waals surface area contributed by atoms with Crippen molar-refractivity contribution in [2.45, 2.75) is 37.8 Å². The lowest BCUT2D eigenvalue weighted by Crippen LogP contribution is -2.59. The Morgan fingerprint density at radius 3 is 2.73 bits per heavy atom. The van der Waals surface area contributed by atoms with Gasteiger partial charge in [-0.05, 0) is 12.8 Å². The van der Waals surface area contributed by atoms with E-state index >= 15 is 0 Å². The van der Waals surface area contributed by atoms with Gasteiger partial charge in [0, 0.05) is 12.1 Å². The molecule has 2 atom stereocenters. The third kappa shape index (κ3) is 1.38. The van der Waals surface area contributed by atoms with Crippen LogP contribution < -0.4 is 10.6 Å². The summed E-state index contributed by atoms with van der Waals surface area (Å²) in [6, 6.07) is 1.18. The van der Waals surface area contributed by atoms with E-state index in [0.29, 0.717) is 17.9 Å². The first-order valence-electron chi connectivity index (χ1n) is 4.43. The van der Waals surface area contributed by atoms with Gasteiger partial charge in [0.05, 0.1) is 6.54 Å². The van der Waals surface area contributed by atoms with Crippen molar-refractivity contribution >= 4 is 5.84 Å². The summed E-state index contributed by atoms with van der Waals surface area (Å²) in [6.07, 6.45) is 5.19. The fourth-order valence-corrected chi connectivity index (χ4v) is 2.06. The molecule has 2 unspecified atom stereocenters. The molecule has 11 heavy (non-hydrogen) atoms. The lowest BCUT2D eigenvalue weighted by molar-refractivity contribution is 0.299. The second kappa shape index (κ2) is 2.81. The monoisotopic (exact) mass is 153 g/mol. The van der Waals surface area contributed by atoms with Gasteiger partial charge in [-0.15, -0.1) is 0 Å². The molecule has 3 heteroatoms. The molecule has 0 aromatic rings. The Kier molecular flexibility index (Phi) is 1.82. The fourth-order valence-electron chi connectivity index (χ4n) is 2.06. The van der Waals surface area contributed by atoms with E-state index in [1.165, 1.54) is 25.7 Å². The third-order valence-electron chi connectivity index (χ3n) is 2.67. The Bertz CT molecular complexity index is 167. The molecule has 1 heterocycles. The van der Waals surface area contributed by atoms with Gasteiger partial charge in [0.1, 0.15) is 5.84 Å². The molecule has 1 aliphatic heterocycles. The summed E-state index contributed by atoms with van der Waals surface area (Å²) in [5.41, 5.74) is 0. The highest BCUT2D eigenvalue weighted by Crippen LogP contribution is 2.19. The molecular formula is C8H15N3. The van der Waals surface area contributed by atoms with Crippen molar-refractivity contribution in [1.29, 1.82) is 5.41 Å². The molecule has 1 saturated carbocycles. The van der Waals surface area contributed by atoms with Gasteiger partial charge in [-0.25, -0.2) is 0 Å². The molecule has 1 aliphatic carbocycles. The molecule has 3 N–H and O–H groups in total. The van der Waals surface area contributed by atoms with Crippen LogP contribution in [0.2, 0.25) is 0 Å².